The van der Waals surface area contributed by atoms with Crippen molar-refractivity contribution in [1.82, 2.24) is 15.2 Å². The number of likely N-dealkylation sites (N-methyl/N-ethyl adjacent to an activating group) is 1. The number of nitrogens with one attached hydrogen (secondary N) is 1. The van der Waals surface area contributed by atoms with Crippen molar-refractivity contribution >= 4 is 17.6 Å². The van der Waals surface area contributed by atoms with Crippen molar-refractivity contribution in [3.63, 3.8) is 0 Å². The Balaban J connectivity index is 1.83. The molecule has 0 fully saturated rings. The van der Waals surface area contributed by atoms with Crippen LogP contribution < -0.4 is 10.1 Å². The number of benzene rings is 2. The Labute approximate surface area is 181 Å². The SMILES string of the molecule is CCCNC(=O)N(C)CC(=O)N1N=C(c2ccc(OC)cc2)CC1c1ccc(F)cc1. The summed E-state index contributed by atoms with van der Waals surface area (Å²) in [7, 11) is 3.17. The highest BCUT2D eigenvalue weighted by atomic mass is 19.1. The number of hydrogen-bond donors (Lipinski definition) is 1. The van der Waals surface area contributed by atoms with Gasteiger partial charge in [0.15, 0.2) is 0 Å². The highest BCUT2D eigenvalue weighted by molar-refractivity contribution is 6.03. The fourth-order valence-corrected chi connectivity index (χ4v) is 3.36. The molecule has 2 aromatic rings. The van der Waals surface area contributed by atoms with Gasteiger partial charge >= 0.3 is 6.03 Å². The number of methoxy groups -OCH3 is 1. The lowest BCUT2D eigenvalue weighted by Gasteiger charge is -2.25. The maximum atomic E-state index is 13.4. The van der Waals surface area contributed by atoms with Gasteiger partial charge in [-0.25, -0.2) is 14.2 Å². The lowest BCUT2D eigenvalue weighted by atomic mass is 9.98. The number of ether oxygens (including phenoxy) is 1. The summed E-state index contributed by atoms with van der Waals surface area (Å²) < 4.78 is 18.6. The van der Waals surface area contributed by atoms with Crippen LogP contribution in [0.1, 0.15) is 36.9 Å². The van der Waals surface area contributed by atoms with E-state index in [0.29, 0.717) is 13.0 Å². The van der Waals surface area contributed by atoms with Crippen LogP contribution in [0.4, 0.5) is 9.18 Å². The molecular formula is C23H27FN4O3. The molecule has 3 amide bonds. The fourth-order valence-electron chi connectivity index (χ4n) is 3.36. The molecule has 31 heavy (non-hydrogen) atoms. The molecule has 164 valence electrons. The van der Waals surface area contributed by atoms with E-state index in [2.05, 4.69) is 10.4 Å². The summed E-state index contributed by atoms with van der Waals surface area (Å²) in [5, 5.41) is 8.72. The van der Waals surface area contributed by atoms with E-state index in [9.17, 15) is 14.0 Å². The lowest BCUT2D eigenvalue weighted by molar-refractivity contribution is -0.133. The second kappa shape index (κ2) is 10.1. The molecule has 8 heteroatoms. The quantitative estimate of drug-likeness (QED) is 0.736. The first-order chi connectivity index (χ1) is 14.9. The minimum atomic E-state index is -0.377. The summed E-state index contributed by atoms with van der Waals surface area (Å²) in [4.78, 5) is 26.5. The van der Waals surface area contributed by atoms with Gasteiger partial charge in [-0.05, 0) is 53.9 Å². The predicted molar refractivity (Wildman–Crippen MR) is 116 cm³/mol. The van der Waals surface area contributed by atoms with E-state index in [1.807, 2.05) is 31.2 Å². The van der Waals surface area contributed by atoms with Gasteiger partial charge in [-0.15, -0.1) is 0 Å². The van der Waals surface area contributed by atoms with Crippen LogP contribution in [0.25, 0.3) is 0 Å². The molecule has 1 atom stereocenters. The van der Waals surface area contributed by atoms with E-state index in [1.54, 1.807) is 26.3 Å². The van der Waals surface area contributed by atoms with Crippen LogP contribution in [0.5, 0.6) is 5.75 Å². The molecule has 3 rings (SSSR count). The molecule has 0 radical (unpaired) electrons. The van der Waals surface area contributed by atoms with E-state index in [0.717, 1.165) is 29.0 Å². The van der Waals surface area contributed by atoms with Crippen molar-refractivity contribution in [2.45, 2.75) is 25.8 Å². The Bertz CT molecular complexity index is 944. The Morgan fingerprint density at radius 3 is 2.48 bits per heavy atom. The van der Waals surface area contributed by atoms with Crippen LogP contribution in [0.3, 0.4) is 0 Å². The van der Waals surface area contributed by atoms with Crippen molar-refractivity contribution in [3.8, 4) is 5.75 Å². The van der Waals surface area contributed by atoms with Gasteiger partial charge in [0.25, 0.3) is 5.91 Å². The number of amides is 3. The van der Waals surface area contributed by atoms with Gasteiger partial charge in [-0.3, -0.25) is 4.79 Å². The number of urea groups is 1. The van der Waals surface area contributed by atoms with Gasteiger partial charge < -0.3 is 15.0 Å². The zero-order valence-corrected chi connectivity index (χ0v) is 18.0. The first kappa shape index (κ1) is 22.3. The monoisotopic (exact) mass is 426 g/mol. The third kappa shape index (κ3) is 5.39. The topological polar surface area (TPSA) is 74.2 Å². The largest absolute Gasteiger partial charge is 0.497 e. The van der Waals surface area contributed by atoms with Crippen LogP contribution in [0.2, 0.25) is 0 Å². The van der Waals surface area contributed by atoms with Gasteiger partial charge in [-0.2, -0.15) is 5.10 Å². The van der Waals surface area contributed by atoms with Gasteiger partial charge in [0.1, 0.15) is 18.1 Å². The minimum Gasteiger partial charge on any atom is -0.497 e. The van der Waals surface area contributed by atoms with Gasteiger partial charge in [-0.1, -0.05) is 19.1 Å². The van der Waals surface area contributed by atoms with Crippen molar-refractivity contribution in [2.24, 2.45) is 5.10 Å². The van der Waals surface area contributed by atoms with Crippen LogP contribution in [0, 0.1) is 5.82 Å². The highest BCUT2D eigenvalue weighted by Crippen LogP contribution is 2.33. The zero-order valence-electron chi connectivity index (χ0n) is 18.0. The molecule has 0 saturated heterocycles. The minimum absolute atomic E-state index is 0.118. The third-order valence-corrected chi connectivity index (χ3v) is 5.09. The number of nitrogens with zero attached hydrogens (tertiary/aromatic N) is 3. The molecule has 0 bridgehead atoms. The number of hydrazone groups is 1. The summed E-state index contributed by atoms with van der Waals surface area (Å²) >= 11 is 0. The van der Waals surface area contributed by atoms with Crippen LogP contribution >= 0.6 is 0 Å². The van der Waals surface area contributed by atoms with Crippen LogP contribution in [-0.2, 0) is 4.79 Å². The highest BCUT2D eigenvalue weighted by Gasteiger charge is 2.33. The Morgan fingerprint density at radius 1 is 1.19 bits per heavy atom. The molecule has 1 unspecified atom stereocenters. The normalized spacial score (nSPS) is 15.4. The molecule has 0 aromatic heterocycles. The molecule has 0 saturated carbocycles. The smallest absolute Gasteiger partial charge is 0.317 e. The maximum Gasteiger partial charge on any atom is 0.317 e. The molecule has 0 aliphatic carbocycles. The van der Waals surface area contributed by atoms with Crippen LogP contribution in [-0.4, -0.2) is 54.8 Å². The first-order valence-corrected chi connectivity index (χ1v) is 10.2. The first-order valence-electron chi connectivity index (χ1n) is 10.2. The summed E-state index contributed by atoms with van der Waals surface area (Å²) in [6.45, 7) is 2.38. The number of carbonyl (C=O) groups excluding carboxylic acids is 2. The third-order valence-electron chi connectivity index (χ3n) is 5.09. The number of halogens is 1. The molecule has 1 aliphatic heterocycles. The predicted octanol–water partition coefficient (Wildman–Crippen LogP) is 3.56. The molecule has 2 aromatic carbocycles. The number of hydrogen-bond acceptors (Lipinski definition) is 4. The van der Waals surface area contributed by atoms with Crippen LogP contribution in [0.15, 0.2) is 53.6 Å². The van der Waals surface area contributed by atoms with Crippen molar-refractivity contribution in [1.29, 1.82) is 0 Å². The van der Waals surface area contributed by atoms with Gasteiger partial charge in [0, 0.05) is 20.0 Å². The van der Waals surface area contributed by atoms with Crippen molar-refractivity contribution in [3.05, 3.63) is 65.5 Å². The Hall–Kier alpha value is -3.42. The Morgan fingerprint density at radius 2 is 1.87 bits per heavy atom. The molecule has 1 heterocycles. The summed E-state index contributed by atoms with van der Waals surface area (Å²) in [5.74, 6) is 0.0697. The van der Waals surface area contributed by atoms with E-state index >= 15 is 0 Å². The fraction of sp³-hybridized carbons (Fsp3) is 0.348. The second-order valence-corrected chi connectivity index (χ2v) is 7.37. The van der Waals surface area contributed by atoms with Gasteiger partial charge in [0.05, 0.1) is 18.9 Å². The molecule has 1 N–H and O–H groups in total. The molecule has 7 nitrogen and oxygen atoms in total. The standard InChI is InChI=1S/C23H27FN4O3/c1-4-13-25-23(30)27(2)15-22(29)28-21(17-5-9-18(24)10-6-17)14-20(26-28)16-7-11-19(31-3)12-8-16/h5-12,21H,4,13-15H2,1-3H3,(H,25,30). The van der Waals surface area contributed by atoms with E-state index < -0.39 is 0 Å². The van der Waals surface area contributed by atoms with Gasteiger partial charge in [0.2, 0.25) is 0 Å². The lowest BCUT2D eigenvalue weighted by Crippen LogP contribution is -2.43. The van der Waals surface area contributed by atoms with E-state index in [-0.39, 0.29) is 30.3 Å². The molecule has 1 aliphatic rings. The van der Waals surface area contributed by atoms with Crippen molar-refractivity contribution in [2.75, 3.05) is 27.2 Å². The zero-order chi connectivity index (χ0) is 22.4. The van der Waals surface area contributed by atoms with Crippen molar-refractivity contribution < 1.29 is 18.7 Å². The average molecular weight is 426 g/mol. The number of rotatable bonds is 7. The summed E-state index contributed by atoms with van der Waals surface area (Å²) in [5.41, 5.74) is 2.39. The van der Waals surface area contributed by atoms with E-state index in [1.165, 1.54) is 22.0 Å². The average Bonchev–Trinajstić information content (AvgIpc) is 3.23. The van der Waals surface area contributed by atoms with E-state index in [4.69, 9.17) is 4.74 Å². The number of carbonyl (C=O) groups is 2. The summed E-state index contributed by atoms with van der Waals surface area (Å²) in [6.07, 6.45) is 1.29. The molecular weight excluding hydrogens is 399 g/mol. The summed E-state index contributed by atoms with van der Waals surface area (Å²) in [6, 6.07) is 12.8. The molecule has 0 spiro atoms. The maximum absolute atomic E-state index is 13.4. The Kier molecular flexibility index (Phi) is 7.23. The second-order valence-electron chi connectivity index (χ2n) is 7.37.